The minimum Gasteiger partial charge on any atom is -0.345 e. The molecule has 1 aliphatic rings. The van der Waals surface area contributed by atoms with Gasteiger partial charge >= 0.3 is 0 Å². The van der Waals surface area contributed by atoms with Crippen LogP contribution >= 0.6 is 0 Å². The minimum atomic E-state index is 0.867. The monoisotopic (exact) mass is 309 g/mol. The molecular weight excluding hydrogens is 288 g/mol. The number of para-hydroxylation sites is 1. The number of benzene rings is 1. The highest BCUT2D eigenvalue weighted by molar-refractivity contribution is 5.87. The highest BCUT2D eigenvalue weighted by atomic mass is 15.3. The molecule has 3 heterocycles. The summed E-state index contributed by atoms with van der Waals surface area (Å²) < 4.78 is 1.88. The van der Waals surface area contributed by atoms with E-state index in [-0.39, 0.29) is 0 Å². The van der Waals surface area contributed by atoms with Gasteiger partial charge in [0.1, 0.15) is 12.1 Å². The van der Waals surface area contributed by atoms with E-state index in [0.717, 1.165) is 48.7 Å². The lowest BCUT2D eigenvalue weighted by molar-refractivity contribution is -0.898. The van der Waals surface area contributed by atoms with Gasteiger partial charge in [-0.15, -0.1) is 0 Å². The van der Waals surface area contributed by atoms with Gasteiger partial charge in [-0.1, -0.05) is 18.2 Å². The van der Waals surface area contributed by atoms with E-state index < -0.39 is 0 Å². The van der Waals surface area contributed by atoms with Crippen molar-refractivity contribution in [2.75, 3.05) is 37.6 Å². The third-order valence-electron chi connectivity index (χ3n) is 4.62. The van der Waals surface area contributed by atoms with E-state index in [9.17, 15) is 0 Å². The Morgan fingerprint density at radius 2 is 1.87 bits per heavy atom. The number of nitrogens with one attached hydrogen (secondary N) is 1. The van der Waals surface area contributed by atoms with Crippen molar-refractivity contribution in [3.63, 3.8) is 0 Å². The molecule has 0 unspecified atom stereocenters. The predicted octanol–water partition coefficient (Wildman–Crippen LogP) is 0.540. The van der Waals surface area contributed by atoms with Crippen molar-refractivity contribution in [3.05, 3.63) is 42.9 Å². The van der Waals surface area contributed by atoms with Gasteiger partial charge in [0.05, 0.1) is 50.0 Å². The second-order valence-corrected chi connectivity index (χ2v) is 5.92. The molecule has 1 N–H and O–H groups in total. The van der Waals surface area contributed by atoms with E-state index in [1.807, 2.05) is 41.2 Å². The van der Waals surface area contributed by atoms with Crippen LogP contribution in [0.5, 0.6) is 0 Å². The summed E-state index contributed by atoms with van der Waals surface area (Å²) in [6.45, 7) is 7.83. The first kappa shape index (κ1) is 14.1. The van der Waals surface area contributed by atoms with Gasteiger partial charge in [0.15, 0.2) is 5.65 Å². The molecule has 1 fully saturated rings. The van der Waals surface area contributed by atoms with E-state index in [2.05, 4.69) is 26.9 Å². The minimum absolute atomic E-state index is 0.867. The summed E-state index contributed by atoms with van der Waals surface area (Å²) in [5.41, 5.74) is 1.89. The third kappa shape index (κ3) is 2.55. The van der Waals surface area contributed by atoms with Crippen LogP contribution in [0.1, 0.15) is 6.92 Å². The van der Waals surface area contributed by atoms with Crippen molar-refractivity contribution in [2.24, 2.45) is 0 Å². The summed E-state index contributed by atoms with van der Waals surface area (Å²) in [5.74, 6) is 1.01. The van der Waals surface area contributed by atoms with Gasteiger partial charge in [-0.3, -0.25) is 0 Å². The standard InChI is InChI=1S/C17H20N6/c1-2-21-8-10-22(11-9-21)16-15-12-20-23(17(15)19-13-18-16)14-6-4-3-5-7-14/h3-7,12-13H,2,8-11H2,1H3/p+1. The lowest BCUT2D eigenvalue weighted by Gasteiger charge is -2.32. The molecule has 1 aromatic carbocycles. The molecule has 0 atom stereocenters. The number of hydrogen-bond donors (Lipinski definition) is 1. The van der Waals surface area contributed by atoms with E-state index in [4.69, 9.17) is 0 Å². The molecule has 0 aliphatic carbocycles. The quantitative estimate of drug-likeness (QED) is 0.767. The molecule has 118 valence electrons. The van der Waals surface area contributed by atoms with E-state index in [0.29, 0.717) is 0 Å². The zero-order valence-electron chi connectivity index (χ0n) is 13.3. The summed E-state index contributed by atoms with van der Waals surface area (Å²) in [7, 11) is 0. The Morgan fingerprint density at radius 3 is 2.61 bits per heavy atom. The largest absolute Gasteiger partial charge is 0.345 e. The van der Waals surface area contributed by atoms with E-state index in [1.54, 1.807) is 11.2 Å². The third-order valence-corrected chi connectivity index (χ3v) is 4.62. The molecular formula is C17H21N6+. The molecule has 1 saturated heterocycles. The second-order valence-electron chi connectivity index (χ2n) is 5.92. The Balaban J connectivity index is 1.71. The van der Waals surface area contributed by atoms with Crippen LogP contribution in [0.2, 0.25) is 0 Å². The van der Waals surface area contributed by atoms with Crippen LogP contribution in [0.4, 0.5) is 5.82 Å². The maximum Gasteiger partial charge on any atom is 0.168 e. The summed E-state index contributed by atoms with van der Waals surface area (Å²) >= 11 is 0. The number of likely N-dealkylation sites (N-methyl/N-ethyl adjacent to an activating group) is 1. The summed E-state index contributed by atoms with van der Waals surface area (Å²) in [4.78, 5) is 13.0. The van der Waals surface area contributed by atoms with Crippen LogP contribution in [-0.4, -0.2) is 52.5 Å². The number of fused-ring (bicyclic) bond motifs is 1. The number of rotatable bonds is 3. The highest BCUT2D eigenvalue weighted by Crippen LogP contribution is 2.24. The Morgan fingerprint density at radius 1 is 1.09 bits per heavy atom. The molecule has 0 spiro atoms. The number of hydrogen-bond acceptors (Lipinski definition) is 4. The van der Waals surface area contributed by atoms with Crippen LogP contribution in [0, 0.1) is 0 Å². The Kier molecular flexibility index (Phi) is 3.67. The van der Waals surface area contributed by atoms with Crippen molar-refractivity contribution in [1.82, 2.24) is 19.7 Å². The normalized spacial score (nSPS) is 16.1. The Hall–Kier alpha value is -2.47. The van der Waals surface area contributed by atoms with Crippen molar-refractivity contribution >= 4 is 16.9 Å². The SMILES string of the molecule is CC[NH+]1CCN(c2ncnc3c2cnn3-c2ccccc2)CC1. The van der Waals surface area contributed by atoms with Crippen LogP contribution in [0.25, 0.3) is 16.7 Å². The average Bonchev–Trinajstić information content (AvgIpc) is 3.07. The first-order valence-corrected chi connectivity index (χ1v) is 8.19. The van der Waals surface area contributed by atoms with Gasteiger partial charge in [0.2, 0.25) is 0 Å². The van der Waals surface area contributed by atoms with E-state index in [1.165, 1.54) is 6.54 Å². The molecule has 0 saturated carbocycles. The number of aromatic nitrogens is 4. The fraction of sp³-hybridized carbons (Fsp3) is 0.353. The summed E-state index contributed by atoms with van der Waals surface area (Å²) in [6, 6.07) is 10.1. The number of piperazine rings is 1. The number of quaternary nitrogens is 1. The lowest BCUT2D eigenvalue weighted by atomic mass is 10.2. The van der Waals surface area contributed by atoms with Crippen molar-refractivity contribution in [2.45, 2.75) is 6.92 Å². The molecule has 1 aliphatic heterocycles. The molecule has 6 nitrogen and oxygen atoms in total. The summed E-state index contributed by atoms with van der Waals surface area (Å²) in [6.07, 6.45) is 3.54. The second kappa shape index (κ2) is 5.96. The van der Waals surface area contributed by atoms with Crippen molar-refractivity contribution in [3.8, 4) is 5.69 Å². The molecule has 23 heavy (non-hydrogen) atoms. The summed E-state index contributed by atoms with van der Waals surface area (Å²) in [5, 5.41) is 5.56. The van der Waals surface area contributed by atoms with Crippen molar-refractivity contribution < 1.29 is 4.90 Å². The lowest BCUT2D eigenvalue weighted by Crippen LogP contribution is -3.14. The Labute approximate surface area is 135 Å². The zero-order valence-corrected chi connectivity index (χ0v) is 13.3. The molecule has 6 heteroatoms. The molecule has 0 radical (unpaired) electrons. The topological polar surface area (TPSA) is 51.3 Å². The highest BCUT2D eigenvalue weighted by Gasteiger charge is 2.22. The van der Waals surface area contributed by atoms with Gasteiger partial charge in [-0.05, 0) is 19.1 Å². The molecule has 4 rings (SSSR count). The van der Waals surface area contributed by atoms with Crippen LogP contribution in [0.3, 0.4) is 0 Å². The van der Waals surface area contributed by atoms with Gasteiger partial charge in [0, 0.05) is 0 Å². The van der Waals surface area contributed by atoms with Gasteiger partial charge in [-0.25, -0.2) is 14.6 Å². The van der Waals surface area contributed by atoms with Gasteiger partial charge < -0.3 is 9.80 Å². The average molecular weight is 309 g/mol. The molecule has 0 bridgehead atoms. The van der Waals surface area contributed by atoms with Gasteiger partial charge in [-0.2, -0.15) is 5.10 Å². The fourth-order valence-corrected chi connectivity index (χ4v) is 3.23. The zero-order chi connectivity index (χ0) is 15.6. The van der Waals surface area contributed by atoms with Crippen molar-refractivity contribution in [1.29, 1.82) is 0 Å². The Bertz CT molecular complexity index is 789. The van der Waals surface area contributed by atoms with Crippen LogP contribution in [-0.2, 0) is 0 Å². The number of nitrogens with zero attached hydrogens (tertiary/aromatic N) is 5. The van der Waals surface area contributed by atoms with Crippen LogP contribution < -0.4 is 9.80 Å². The first-order valence-electron chi connectivity index (χ1n) is 8.19. The first-order chi connectivity index (χ1) is 11.4. The predicted molar refractivity (Wildman–Crippen MR) is 90.1 cm³/mol. The van der Waals surface area contributed by atoms with Gasteiger partial charge in [0.25, 0.3) is 0 Å². The molecule has 2 aromatic heterocycles. The fourth-order valence-electron chi connectivity index (χ4n) is 3.23. The molecule has 0 amide bonds. The van der Waals surface area contributed by atoms with E-state index >= 15 is 0 Å². The maximum absolute atomic E-state index is 4.54. The maximum atomic E-state index is 4.54. The van der Waals surface area contributed by atoms with Crippen LogP contribution in [0.15, 0.2) is 42.9 Å². The smallest absolute Gasteiger partial charge is 0.168 e. The molecule has 3 aromatic rings. The number of anilines is 1.